The van der Waals surface area contributed by atoms with Crippen LogP contribution in [0.3, 0.4) is 0 Å². The first-order valence-electron chi connectivity index (χ1n) is 9.83. The van der Waals surface area contributed by atoms with Crippen LogP contribution in [0.5, 0.6) is 0 Å². The molecule has 4 rings (SSSR count). The zero-order valence-corrected chi connectivity index (χ0v) is 16.5. The molecule has 3 saturated carbocycles. The van der Waals surface area contributed by atoms with Crippen LogP contribution in [0, 0.1) is 33.8 Å². The maximum atomic E-state index is 12.3. The number of nitrogens with one attached hydrogen (secondary N) is 2. The maximum Gasteiger partial charge on any atom is 0.293 e. The number of nitro benzene ring substituents is 1. The van der Waals surface area contributed by atoms with Crippen molar-refractivity contribution in [3.8, 4) is 0 Å². The van der Waals surface area contributed by atoms with E-state index in [1.807, 2.05) is 0 Å². The van der Waals surface area contributed by atoms with E-state index in [4.69, 9.17) is 0 Å². The summed E-state index contributed by atoms with van der Waals surface area (Å²) in [5.74, 6) is 2.95. The van der Waals surface area contributed by atoms with Gasteiger partial charge in [-0.15, -0.1) is 0 Å². The van der Waals surface area contributed by atoms with Crippen LogP contribution >= 0.6 is 0 Å². The van der Waals surface area contributed by atoms with Crippen molar-refractivity contribution in [3.05, 3.63) is 28.3 Å². The SMILES string of the molecule is CC(C)NS(=O)(=O)c1ccc(N[C@@H]2C[C@H]3C[C@H]2[C@@H]2CCC[C@H]32)c([N+](=O)[O-])c1. The summed E-state index contributed by atoms with van der Waals surface area (Å²) < 4.78 is 27.2. The number of nitro groups is 1. The van der Waals surface area contributed by atoms with E-state index in [0.717, 1.165) is 24.2 Å². The van der Waals surface area contributed by atoms with Crippen LogP contribution in [-0.2, 0) is 10.0 Å². The van der Waals surface area contributed by atoms with E-state index in [0.29, 0.717) is 11.6 Å². The van der Waals surface area contributed by atoms with Crippen molar-refractivity contribution in [2.24, 2.45) is 23.7 Å². The number of benzene rings is 1. The third-order valence-electron chi connectivity index (χ3n) is 6.64. The summed E-state index contributed by atoms with van der Waals surface area (Å²) in [6.07, 6.45) is 6.23. The Morgan fingerprint density at radius 2 is 1.89 bits per heavy atom. The summed E-state index contributed by atoms with van der Waals surface area (Å²) in [6.45, 7) is 3.43. The monoisotopic (exact) mass is 393 g/mol. The Hall–Kier alpha value is -1.67. The molecule has 27 heavy (non-hydrogen) atoms. The minimum atomic E-state index is -3.76. The molecule has 7 nitrogen and oxygen atoms in total. The van der Waals surface area contributed by atoms with Gasteiger partial charge in [-0.2, -0.15) is 0 Å². The predicted molar refractivity (Wildman–Crippen MR) is 103 cm³/mol. The summed E-state index contributed by atoms with van der Waals surface area (Å²) in [6, 6.07) is 4.14. The molecule has 5 atom stereocenters. The zero-order valence-electron chi connectivity index (χ0n) is 15.7. The van der Waals surface area contributed by atoms with Gasteiger partial charge in [0.2, 0.25) is 10.0 Å². The lowest BCUT2D eigenvalue weighted by atomic mass is 9.79. The molecule has 0 spiro atoms. The molecular formula is C19H27N3O4S. The molecule has 0 amide bonds. The van der Waals surface area contributed by atoms with Crippen molar-refractivity contribution in [1.82, 2.24) is 4.72 Å². The Kier molecular flexibility index (Phi) is 4.66. The van der Waals surface area contributed by atoms with Crippen molar-refractivity contribution in [2.45, 2.75) is 62.9 Å². The van der Waals surface area contributed by atoms with E-state index in [2.05, 4.69) is 10.0 Å². The van der Waals surface area contributed by atoms with E-state index < -0.39 is 14.9 Å². The first-order chi connectivity index (χ1) is 12.8. The van der Waals surface area contributed by atoms with Crippen molar-refractivity contribution >= 4 is 21.4 Å². The minimum Gasteiger partial charge on any atom is -0.376 e. The third-order valence-corrected chi connectivity index (χ3v) is 8.29. The van der Waals surface area contributed by atoms with Crippen LogP contribution in [0.2, 0.25) is 0 Å². The smallest absolute Gasteiger partial charge is 0.293 e. The molecule has 0 unspecified atom stereocenters. The first-order valence-corrected chi connectivity index (χ1v) is 11.3. The van der Waals surface area contributed by atoms with E-state index in [9.17, 15) is 18.5 Å². The van der Waals surface area contributed by atoms with Gasteiger partial charge in [0.15, 0.2) is 0 Å². The minimum absolute atomic E-state index is 0.0720. The van der Waals surface area contributed by atoms with Gasteiger partial charge in [-0.25, -0.2) is 13.1 Å². The molecule has 8 heteroatoms. The second-order valence-corrected chi connectivity index (χ2v) is 10.3. The van der Waals surface area contributed by atoms with Crippen LogP contribution < -0.4 is 10.0 Å². The average molecular weight is 394 g/mol. The summed E-state index contributed by atoms with van der Waals surface area (Å²) in [7, 11) is -3.76. The summed E-state index contributed by atoms with van der Waals surface area (Å²) in [5.41, 5.74) is 0.253. The topological polar surface area (TPSA) is 101 Å². The van der Waals surface area contributed by atoms with E-state index in [1.54, 1.807) is 19.9 Å². The van der Waals surface area contributed by atoms with Gasteiger partial charge in [0.05, 0.1) is 9.82 Å². The van der Waals surface area contributed by atoms with E-state index in [1.165, 1.54) is 37.8 Å². The first kappa shape index (κ1) is 18.7. The van der Waals surface area contributed by atoms with Gasteiger partial charge in [0.25, 0.3) is 5.69 Å². The van der Waals surface area contributed by atoms with Crippen LogP contribution in [0.4, 0.5) is 11.4 Å². The van der Waals surface area contributed by atoms with Crippen molar-refractivity contribution in [2.75, 3.05) is 5.32 Å². The van der Waals surface area contributed by atoms with Crippen LogP contribution in [0.1, 0.15) is 46.0 Å². The molecule has 1 aromatic rings. The number of fused-ring (bicyclic) bond motifs is 5. The molecule has 148 valence electrons. The number of sulfonamides is 1. The lowest BCUT2D eigenvalue weighted by Gasteiger charge is -2.32. The molecule has 0 saturated heterocycles. The lowest BCUT2D eigenvalue weighted by Crippen LogP contribution is -2.34. The van der Waals surface area contributed by atoms with Crippen LogP contribution in [0.25, 0.3) is 0 Å². The second kappa shape index (κ2) is 6.74. The Bertz CT molecular complexity index is 855. The van der Waals surface area contributed by atoms with Gasteiger partial charge < -0.3 is 5.32 Å². The summed E-state index contributed by atoms with van der Waals surface area (Å²) >= 11 is 0. The van der Waals surface area contributed by atoms with E-state index in [-0.39, 0.29) is 22.7 Å². The molecule has 2 bridgehead atoms. The Labute approximate surface area is 160 Å². The number of nitrogens with zero attached hydrogens (tertiary/aromatic N) is 1. The maximum absolute atomic E-state index is 12.3. The van der Waals surface area contributed by atoms with Gasteiger partial charge in [0.1, 0.15) is 5.69 Å². The largest absolute Gasteiger partial charge is 0.376 e. The summed E-state index contributed by atoms with van der Waals surface area (Å²) in [4.78, 5) is 11.0. The van der Waals surface area contributed by atoms with Gasteiger partial charge in [0, 0.05) is 18.2 Å². The molecule has 3 fully saturated rings. The van der Waals surface area contributed by atoms with Crippen LogP contribution in [0.15, 0.2) is 23.1 Å². The summed E-state index contributed by atoms with van der Waals surface area (Å²) in [5, 5.41) is 15.0. The van der Waals surface area contributed by atoms with Gasteiger partial charge >= 0.3 is 0 Å². The molecule has 0 radical (unpaired) electrons. The highest BCUT2D eigenvalue weighted by Gasteiger charge is 2.53. The van der Waals surface area contributed by atoms with Gasteiger partial charge in [-0.05, 0) is 75.3 Å². The Morgan fingerprint density at radius 1 is 1.15 bits per heavy atom. The molecule has 3 aliphatic rings. The quantitative estimate of drug-likeness (QED) is 0.569. The Balaban J connectivity index is 1.58. The number of hydrogen-bond acceptors (Lipinski definition) is 5. The fraction of sp³-hybridized carbons (Fsp3) is 0.684. The number of rotatable bonds is 6. The molecule has 0 heterocycles. The predicted octanol–water partition coefficient (Wildman–Crippen LogP) is 3.52. The van der Waals surface area contributed by atoms with Gasteiger partial charge in [-0.1, -0.05) is 6.42 Å². The van der Waals surface area contributed by atoms with Crippen LogP contribution in [-0.4, -0.2) is 25.4 Å². The van der Waals surface area contributed by atoms with Crippen molar-refractivity contribution < 1.29 is 13.3 Å². The highest BCUT2D eigenvalue weighted by molar-refractivity contribution is 7.89. The fourth-order valence-corrected chi connectivity index (χ4v) is 7.03. The van der Waals surface area contributed by atoms with Crippen molar-refractivity contribution in [1.29, 1.82) is 0 Å². The fourth-order valence-electron chi connectivity index (χ4n) is 5.76. The molecule has 0 aromatic heterocycles. The third kappa shape index (κ3) is 3.33. The highest BCUT2D eigenvalue weighted by Crippen LogP contribution is 2.59. The molecule has 1 aromatic carbocycles. The Morgan fingerprint density at radius 3 is 2.59 bits per heavy atom. The molecule has 2 N–H and O–H groups in total. The molecule has 3 aliphatic carbocycles. The number of anilines is 1. The zero-order chi connectivity index (χ0) is 19.3. The molecular weight excluding hydrogens is 366 g/mol. The lowest BCUT2D eigenvalue weighted by molar-refractivity contribution is -0.384. The standard InChI is InChI=1S/C19H27N3O4S/c1-11(2)21-27(25,26)13-6-7-17(19(10-13)22(23)24)20-18-9-12-8-16(18)15-5-3-4-14(12)15/h6-7,10-12,14-16,18,20-21H,3-5,8-9H2,1-2H3/t12-,14-,15-,16+,18-/m1/s1. The average Bonchev–Trinajstić information content (AvgIpc) is 3.26. The number of hydrogen-bond donors (Lipinski definition) is 2. The highest BCUT2D eigenvalue weighted by atomic mass is 32.2. The van der Waals surface area contributed by atoms with Gasteiger partial charge in [-0.3, -0.25) is 10.1 Å². The van der Waals surface area contributed by atoms with Crippen molar-refractivity contribution in [3.63, 3.8) is 0 Å². The normalized spacial score (nSPS) is 32.0. The second-order valence-electron chi connectivity index (χ2n) is 8.62. The molecule has 0 aliphatic heterocycles. The van der Waals surface area contributed by atoms with E-state index >= 15 is 0 Å².